The zero-order chi connectivity index (χ0) is 14.7. The summed E-state index contributed by atoms with van der Waals surface area (Å²) in [6.45, 7) is 0. The molecule has 0 atom stereocenters. The Balaban J connectivity index is 1.78. The third kappa shape index (κ3) is 3.00. The average molecular weight is 282 g/mol. The van der Waals surface area contributed by atoms with E-state index in [-0.39, 0.29) is 0 Å². The molecule has 0 saturated heterocycles. The van der Waals surface area contributed by atoms with Gasteiger partial charge in [-0.1, -0.05) is 23.4 Å². The lowest BCUT2D eigenvalue weighted by molar-refractivity contribution is 0.414. The summed E-state index contributed by atoms with van der Waals surface area (Å²) in [6.07, 6.45) is 0.579. The van der Waals surface area contributed by atoms with E-state index in [1.165, 1.54) is 0 Å². The highest BCUT2D eigenvalue weighted by Gasteiger charge is 2.10. The lowest BCUT2D eigenvalue weighted by Crippen LogP contribution is -1.93. The van der Waals surface area contributed by atoms with Crippen LogP contribution in [0.3, 0.4) is 0 Å². The molecule has 21 heavy (non-hydrogen) atoms. The Morgan fingerprint density at radius 1 is 1.10 bits per heavy atom. The SMILES string of the molecule is COc1ccc(Cc2noc(-c3cccc(N)n3)n2)cc1. The summed E-state index contributed by atoms with van der Waals surface area (Å²) >= 11 is 0. The lowest BCUT2D eigenvalue weighted by Gasteiger charge is -2.00. The Hall–Kier alpha value is -2.89. The predicted octanol–water partition coefficient (Wildman–Crippen LogP) is 2.31. The summed E-state index contributed by atoms with van der Waals surface area (Å²) in [5.74, 6) is 2.20. The summed E-state index contributed by atoms with van der Waals surface area (Å²) in [4.78, 5) is 8.48. The lowest BCUT2D eigenvalue weighted by atomic mass is 10.1. The van der Waals surface area contributed by atoms with Crippen LogP contribution in [-0.2, 0) is 6.42 Å². The molecule has 0 bridgehead atoms. The van der Waals surface area contributed by atoms with Gasteiger partial charge in [-0.2, -0.15) is 4.98 Å². The van der Waals surface area contributed by atoms with Crippen LogP contribution in [0.15, 0.2) is 47.0 Å². The maximum atomic E-state index is 5.64. The largest absolute Gasteiger partial charge is 0.497 e. The minimum Gasteiger partial charge on any atom is -0.497 e. The van der Waals surface area contributed by atoms with E-state index in [1.807, 2.05) is 24.3 Å². The van der Waals surface area contributed by atoms with Gasteiger partial charge in [-0.05, 0) is 29.8 Å². The second-order valence-electron chi connectivity index (χ2n) is 4.49. The molecule has 1 aromatic carbocycles. The number of aromatic nitrogens is 3. The molecular formula is C15H14N4O2. The molecule has 2 heterocycles. The van der Waals surface area contributed by atoms with Gasteiger partial charge in [0.05, 0.1) is 7.11 Å². The van der Waals surface area contributed by atoms with Gasteiger partial charge in [0.25, 0.3) is 5.89 Å². The molecule has 2 N–H and O–H groups in total. The number of hydrogen-bond donors (Lipinski definition) is 1. The highest BCUT2D eigenvalue weighted by atomic mass is 16.5. The molecule has 2 aromatic heterocycles. The van der Waals surface area contributed by atoms with Crippen molar-refractivity contribution in [3.63, 3.8) is 0 Å². The van der Waals surface area contributed by atoms with E-state index in [0.29, 0.717) is 29.6 Å². The van der Waals surface area contributed by atoms with Gasteiger partial charge in [0.2, 0.25) is 0 Å². The molecule has 0 spiro atoms. The predicted molar refractivity (Wildman–Crippen MR) is 77.7 cm³/mol. The van der Waals surface area contributed by atoms with Crippen LogP contribution in [0.5, 0.6) is 5.75 Å². The minimum absolute atomic E-state index is 0.366. The Bertz CT molecular complexity index is 737. The summed E-state index contributed by atoms with van der Waals surface area (Å²) < 4.78 is 10.3. The maximum absolute atomic E-state index is 5.64. The third-order valence-electron chi connectivity index (χ3n) is 2.98. The fourth-order valence-corrected chi connectivity index (χ4v) is 1.93. The van der Waals surface area contributed by atoms with Crippen molar-refractivity contribution in [3.05, 3.63) is 53.9 Å². The van der Waals surface area contributed by atoms with E-state index in [2.05, 4.69) is 15.1 Å². The van der Waals surface area contributed by atoms with Crippen LogP contribution in [0.1, 0.15) is 11.4 Å². The number of nitrogens with two attached hydrogens (primary N) is 1. The van der Waals surface area contributed by atoms with Crippen LogP contribution in [0.2, 0.25) is 0 Å². The molecular weight excluding hydrogens is 268 g/mol. The van der Waals surface area contributed by atoms with Crippen molar-refractivity contribution >= 4 is 5.82 Å². The molecule has 0 aliphatic rings. The van der Waals surface area contributed by atoms with Gasteiger partial charge in [0.1, 0.15) is 17.3 Å². The van der Waals surface area contributed by atoms with Gasteiger partial charge in [-0.25, -0.2) is 4.98 Å². The van der Waals surface area contributed by atoms with Crippen molar-refractivity contribution in [1.82, 2.24) is 15.1 Å². The number of methoxy groups -OCH3 is 1. The number of ether oxygens (including phenoxy) is 1. The van der Waals surface area contributed by atoms with Gasteiger partial charge in [0, 0.05) is 6.42 Å². The van der Waals surface area contributed by atoms with E-state index in [9.17, 15) is 0 Å². The Morgan fingerprint density at radius 3 is 2.62 bits per heavy atom. The average Bonchev–Trinajstić information content (AvgIpc) is 2.97. The maximum Gasteiger partial charge on any atom is 0.276 e. The first-order valence-corrected chi connectivity index (χ1v) is 6.43. The molecule has 0 aliphatic carbocycles. The quantitative estimate of drug-likeness (QED) is 0.790. The first-order valence-electron chi connectivity index (χ1n) is 6.43. The topological polar surface area (TPSA) is 87.1 Å². The van der Waals surface area contributed by atoms with Crippen LogP contribution < -0.4 is 10.5 Å². The number of anilines is 1. The number of pyridine rings is 1. The van der Waals surface area contributed by atoms with E-state index in [0.717, 1.165) is 11.3 Å². The van der Waals surface area contributed by atoms with Gasteiger partial charge >= 0.3 is 0 Å². The van der Waals surface area contributed by atoms with E-state index in [4.69, 9.17) is 15.0 Å². The molecule has 3 rings (SSSR count). The zero-order valence-electron chi connectivity index (χ0n) is 11.5. The third-order valence-corrected chi connectivity index (χ3v) is 2.98. The molecule has 106 valence electrons. The van der Waals surface area contributed by atoms with Gasteiger partial charge in [-0.15, -0.1) is 0 Å². The standard InChI is InChI=1S/C15H14N4O2/c1-20-11-7-5-10(6-8-11)9-14-18-15(21-19-14)12-3-2-4-13(16)17-12/h2-8H,9H2,1H3,(H2,16,17). The Labute approximate surface area is 121 Å². The van der Waals surface area contributed by atoms with Crippen LogP contribution in [0, 0.1) is 0 Å². The van der Waals surface area contributed by atoms with Gasteiger partial charge in [-0.3, -0.25) is 0 Å². The highest BCUT2D eigenvalue weighted by molar-refractivity contribution is 5.50. The van der Waals surface area contributed by atoms with Crippen molar-refractivity contribution in [3.8, 4) is 17.3 Å². The second kappa shape index (κ2) is 5.62. The van der Waals surface area contributed by atoms with Crippen LogP contribution in [0.25, 0.3) is 11.6 Å². The Morgan fingerprint density at radius 2 is 1.90 bits per heavy atom. The first-order chi connectivity index (χ1) is 10.2. The summed E-state index contributed by atoms with van der Waals surface area (Å²) in [6, 6.07) is 13.0. The molecule has 0 aliphatic heterocycles. The van der Waals surface area contributed by atoms with Crippen LogP contribution in [-0.4, -0.2) is 22.2 Å². The fraction of sp³-hybridized carbons (Fsp3) is 0.133. The Kier molecular flexibility index (Phi) is 3.51. The normalized spacial score (nSPS) is 10.5. The summed E-state index contributed by atoms with van der Waals surface area (Å²) in [5, 5.41) is 3.96. The molecule has 0 amide bonds. The number of nitrogen functional groups attached to an aromatic ring is 1. The van der Waals surface area contributed by atoms with Crippen molar-refractivity contribution in [2.24, 2.45) is 0 Å². The van der Waals surface area contributed by atoms with Crippen molar-refractivity contribution in [2.45, 2.75) is 6.42 Å². The van der Waals surface area contributed by atoms with E-state index < -0.39 is 0 Å². The number of hydrogen-bond acceptors (Lipinski definition) is 6. The van der Waals surface area contributed by atoms with Crippen LogP contribution >= 0.6 is 0 Å². The van der Waals surface area contributed by atoms with E-state index >= 15 is 0 Å². The van der Waals surface area contributed by atoms with Gasteiger partial charge in [0.15, 0.2) is 5.82 Å². The molecule has 0 radical (unpaired) electrons. The van der Waals surface area contributed by atoms with Gasteiger partial charge < -0.3 is 15.0 Å². The monoisotopic (exact) mass is 282 g/mol. The van der Waals surface area contributed by atoms with Crippen molar-refractivity contribution in [1.29, 1.82) is 0 Å². The molecule has 0 fully saturated rings. The smallest absolute Gasteiger partial charge is 0.276 e. The molecule has 3 aromatic rings. The molecule has 0 unspecified atom stereocenters. The van der Waals surface area contributed by atoms with Crippen molar-refractivity contribution < 1.29 is 9.26 Å². The summed E-state index contributed by atoms with van der Waals surface area (Å²) in [5.41, 5.74) is 7.29. The van der Waals surface area contributed by atoms with E-state index in [1.54, 1.807) is 25.3 Å². The zero-order valence-corrected chi connectivity index (χ0v) is 11.5. The van der Waals surface area contributed by atoms with Crippen LogP contribution in [0.4, 0.5) is 5.82 Å². The first kappa shape index (κ1) is 13.1. The number of benzene rings is 1. The highest BCUT2D eigenvalue weighted by Crippen LogP contribution is 2.18. The fourth-order valence-electron chi connectivity index (χ4n) is 1.93. The molecule has 6 nitrogen and oxygen atoms in total. The second-order valence-corrected chi connectivity index (χ2v) is 4.49. The minimum atomic E-state index is 0.366. The number of rotatable bonds is 4. The van der Waals surface area contributed by atoms with Crippen molar-refractivity contribution in [2.75, 3.05) is 12.8 Å². The molecule has 6 heteroatoms. The molecule has 0 saturated carbocycles. The summed E-state index contributed by atoms with van der Waals surface area (Å²) in [7, 11) is 1.64. The number of nitrogens with zero attached hydrogens (tertiary/aromatic N) is 3.